The number of benzene rings is 1. The third kappa shape index (κ3) is 2.22. The highest BCUT2D eigenvalue weighted by molar-refractivity contribution is 6.62. The van der Waals surface area contributed by atoms with Crippen LogP contribution in [0.1, 0.15) is 33.6 Å². The van der Waals surface area contributed by atoms with Crippen molar-refractivity contribution in [3.05, 3.63) is 18.0 Å². The van der Waals surface area contributed by atoms with Gasteiger partial charge in [-0.2, -0.15) is 0 Å². The van der Waals surface area contributed by atoms with E-state index in [1.165, 1.54) is 0 Å². The van der Waals surface area contributed by atoms with E-state index in [1.54, 1.807) is 7.11 Å². The maximum Gasteiger partial charge on any atom is 0.495 e. The van der Waals surface area contributed by atoms with Crippen LogP contribution in [0.4, 0.5) is 0 Å². The molecule has 0 aliphatic carbocycles. The molecule has 5 nitrogen and oxygen atoms in total. The summed E-state index contributed by atoms with van der Waals surface area (Å²) in [5.74, 6) is 1.27. The number of aryl methyl sites for hydroxylation is 1. The van der Waals surface area contributed by atoms with Crippen LogP contribution in [0, 0.1) is 6.92 Å². The number of hydrogen-bond donors (Lipinski definition) is 0. The van der Waals surface area contributed by atoms with Crippen molar-refractivity contribution in [3.8, 4) is 5.75 Å². The molecule has 0 radical (unpaired) electrons. The largest absolute Gasteiger partial charge is 0.495 e. The van der Waals surface area contributed by atoms with E-state index < -0.39 is 7.12 Å². The average molecular weight is 289 g/mol. The number of rotatable bonds is 2. The summed E-state index contributed by atoms with van der Waals surface area (Å²) in [5.41, 5.74) is 1.51. The second kappa shape index (κ2) is 4.48. The molecule has 0 unspecified atom stereocenters. The first-order valence-electron chi connectivity index (χ1n) is 7.04. The predicted octanol–water partition coefficient (Wildman–Crippen LogP) is 2.44. The molecule has 1 aliphatic rings. The molecule has 6 heteroatoms. The van der Waals surface area contributed by atoms with Crippen LogP contribution < -0.4 is 10.2 Å². The Labute approximate surface area is 124 Å². The molecule has 0 N–H and O–H groups in total. The van der Waals surface area contributed by atoms with Crippen molar-refractivity contribution in [2.24, 2.45) is 0 Å². The summed E-state index contributed by atoms with van der Waals surface area (Å²) < 4.78 is 23.2. The van der Waals surface area contributed by atoms with E-state index in [1.807, 2.05) is 46.8 Å². The van der Waals surface area contributed by atoms with Crippen LogP contribution in [0.25, 0.3) is 11.1 Å². The number of aromatic nitrogens is 1. The average Bonchev–Trinajstić information content (AvgIpc) is 2.85. The van der Waals surface area contributed by atoms with Crippen molar-refractivity contribution in [2.75, 3.05) is 7.11 Å². The fourth-order valence-corrected chi connectivity index (χ4v) is 2.40. The Balaban J connectivity index is 2.06. The lowest BCUT2D eigenvalue weighted by molar-refractivity contribution is 0.00578. The number of hydrogen-bond acceptors (Lipinski definition) is 5. The summed E-state index contributed by atoms with van der Waals surface area (Å²) in [6, 6.07) is 3.80. The van der Waals surface area contributed by atoms with Crippen molar-refractivity contribution in [2.45, 2.75) is 45.8 Å². The summed E-state index contributed by atoms with van der Waals surface area (Å²) in [5, 5.41) is 0. The lowest BCUT2D eigenvalue weighted by atomic mass is 9.79. The molecule has 0 amide bonds. The first-order chi connectivity index (χ1) is 9.73. The minimum Gasteiger partial charge on any atom is -0.494 e. The van der Waals surface area contributed by atoms with Crippen LogP contribution in [0.5, 0.6) is 5.75 Å². The van der Waals surface area contributed by atoms with E-state index in [-0.39, 0.29) is 11.2 Å². The highest BCUT2D eigenvalue weighted by atomic mass is 16.7. The lowest BCUT2D eigenvalue weighted by Gasteiger charge is -2.32. The van der Waals surface area contributed by atoms with Gasteiger partial charge in [-0.15, -0.1) is 0 Å². The second-order valence-electron chi connectivity index (χ2n) is 6.39. The van der Waals surface area contributed by atoms with Gasteiger partial charge < -0.3 is 18.5 Å². The Bertz CT molecular complexity index is 676. The number of fused-ring (bicyclic) bond motifs is 1. The maximum absolute atomic E-state index is 6.07. The van der Waals surface area contributed by atoms with Gasteiger partial charge in [-0.3, -0.25) is 0 Å². The normalized spacial score (nSPS) is 20.2. The maximum atomic E-state index is 6.07. The lowest BCUT2D eigenvalue weighted by Crippen LogP contribution is -2.41. The quantitative estimate of drug-likeness (QED) is 0.795. The topological polar surface area (TPSA) is 53.7 Å². The van der Waals surface area contributed by atoms with Crippen LogP contribution in [0.15, 0.2) is 16.5 Å². The van der Waals surface area contributed by atoms with Gasteiger partial charge in [-0.25, -0.2) is 4.98 Å². The van der Waals surface area contributed by atoms with Gasteiger partial charge in [0.05, 0.1) is 18.3 Å². The third-order valence-electron chi connectivity index (χ3n) is 4.33. The van der Waals surface area contributed by atoms with Crippen LogP contribution >= 0.6 is 0 Å². The van der Waals surface area contributed by atoms with Crippen molar-refractivity contribution >= 4 is 23.7 Å². The van der Waals surface area contributed by atoms with Gasteiger partial charge in [0, 0.05) is 6.92 Å². The Kier molecular flexibility index (Phi) is 3.08. The van der Waals surface area contributed by atoms with E-state index >= 15 is 0 Å². The number of nitrogens with zero attached hydrogens (tertiary/aromatic N) is 1. The van der Waals surface area contributed by atoms with Gasteiger partial charge in [-0.1, -0.05) is 0 Å². The molecule has 1 aromatic carbocycles. The fraction of sp³-hybridized carbons (Fsp3) is 0.533. The molecule has 21 heavy (non-hydrogen) atoms. The number of methoxy groups -OCH3 is 1. The molecule has 1 saturated heterocycles. The van der Waals surface area contributed by atoms with Gasteiger partial charge in [0.15, 0.2) is 17.0 Å². The SMILES string of the molecule is COc1cc(B2OC(C)(C)C(C)(C)O2)cc2oc(C)nc12. The molecule has 1 aliphatic heterocycles. The second-order valence-corrected chi connectivity index (χ2v) is 6.39. The smallest absolute Gasteiger partial charge is 0.494 e. The van der Waals surface area contributed by atoms with E-state index in [0.717, 1.165) is 11.0 Å². The van der Waals surface area contributed by atoms with E-state index in [4.69, 9.17) is 18.5 Å². The summed E-state index contributed by atoms with van der Waals surface area (Å²) in [7, 11) is 1.17. The summed E-state index contributed by atoms with van der Waals surface area (Å²) >= 11 is 0. The monoisotopic (exact) mass is 289 g/mol. The zero-order valence-corrected chi connectivity index (χ0v) is 13.3. The van der Waals surface area contributed by atoms with Crippen molar-refractivity contribution in [1.82, 2.24) is 4.98 Å². The van der Waals surface area contributed by atoms with E-state index in [9.17, 15) is 0 Å². The van der Waals surface area contributed by atoms with Crippen LogP contribution in [-0.4, -0.2) is 30.4 Å². The van der Waals surface area contributed by atoms with Gasteiger partial charge in [0.25, 0.3) is 0 Å². The molecule has 2 heterocycles. The van der Waals surface area contributed by atoms with Gasteiger partial charge in [0.1, 0.15) is 5.75 Å². The number of oxazole rings is 1. The minimum absolute atomic E-state index is 0.378. The molecule has 1 fully saturated rings. The standard InChI is InChI=1S/C15H20BNO4/c1-9-17-13-11(18-6)7-10(8-12(13)19-9)16-20-14(2,3)15(4,5)21-16/h7-8H,1-6H3. The molecule has 0 spiro atoms. The molecular formula is C15H20BNO4. The predicted molar refractivity (Wildman–Crippen MR) is 81.0 cm³/mol. The first kappa shape index (κ1) is 14.4. The molecule has 0 bridgehead atoms. The Hall–Kier alpha value is -1.53. The third-order valence-corrected chi connectivity index (χ3v) is 4.33. The van der Waals surface area contributed by atoms with E-state index in [2.05, 4.69) is 4.98 Å². The molecular weight excluding hydrogens is 269 g/mol. The Morgan fingerprint density at radius 2 is 1.71 bits per heavy atom. The summed E-state index contributed by atoms with van der Waals surface area (Å²) in [6.45, 7) is 9.93. The zero-order valence-electron chi connectivity index (χ0n) is 13.3. The Morgan fingerprint density at radius 1 is 1.10 bits per heavy atom. The molecule has 3 rings (SSSR count). The first-order valence-corrected chi connectivity index (χ1v) is 7.04. The van der Waals surface area contributed by atoms with Gasteiger partial charge in [-0.05, 0) is 45.3 Å². The zero-order chi connectivity index (χ0) is 15.4. The summed E-state index contributed by atoms with van der Waals surface area (Å²) in [6.07, 6.45) is 0. The molecule has 2 aromatic rings. The van der Waals surface area contributed by atoms with Gasteiger partial charge >= 0.3 is 7.12 Å². The van der Waals surface area contributed by atoms with Crippen LogP contribution in [0.2, 0.25) is 0 Å². The van der Waals surface area contributed by atoms with Crippen LogP contribution in [-0.2, 0) is 9.31 Å². The highest BCUT2D eigenvalue weighted by Crippen LogP contribution is 2.37. The molecule has 112 valence electrons. The minimum atomic E-state index is -0.446. The van der Waals surface area contributed by atoms with Crippen LogP contribution in [0.3, 0.4) is 0 Å². The molecule has 0 saturated carbocycles. The van der Waals surface area contributed by atoms with Gasteiger partial charge in [0.2, 0.25) is 0 Å². The molecule has 0 atom stereocenters. The molecule has 1 aromatic heterocycles. The van der Waals surface area contributed by atoms with Crippen molar-refractivity contribution < 1.29 is 18.5 Å². The Morgan fingerprint density at radius 3 is 2.29 bits per heavy atom. The van der Waals surface area contributed by atoms with Crippen molar-refractivity contribution in [3.63, 3.8) is 0 Å². The van der Waals surface area contributed by atoms with E-state index in [0.29, 0.717) is 17.2 Å². The summed E-state index contributed by atoms with van der Waals surface area (Å²) in [4.78, 5) is 4.34. The highest BCUT2D eigenvalue weighted by Gasteiger charge is 2.51. The number of ether oxygens (including phenoxy) is 1. The fourth-order valence-electron chi connectivity index (χ4n) is 2.40. The van der Waals surface area contributed by atoms with Crippen molar-refractivity contribution in [1.29, 1.82) is 0 Å².